The summed E-state index contributed by atoms with van der Waals surface area (Å²) >= 11 is 6.07. The van der Waals surface area contributed by atoms with Gasteiger partial charge >= 0.3 is 0 Å². The highest BCUT2D eigenvalue weighted by Crippen LogP contribution is 2.31. The molecule has 0 radical (unpaired) electrons. The number of Topliss-reactive ketones (excluding diaryl/α,β-unsaturated/α-hetero) is 1. The van der Waals surface area contributed by atoms with E-state index >= 15 is 0 Å². The lowest BCUT2D eigenvalue weighted by Crippen LogP contribution is -2.25. The first kappa shape index (κ1) is 20.4. The molecular formula is C23H25ClN2O2. The van der Waals surface area contributed by atoms with Crippen molar-refractivity contribution in [2.45, 2.75) is 58.0 Å². The van der Waals surface area contributed by atoms with Crippen LogP contribution in [0.1, 0.15) is 73.5 Å². The summed E-state index contributed by atoms with van der Waals surface area (Å²) in [5.41, 5.74) is 2.17. The summed E-state index contributed by atoms with van der Waals surface area (Å²) < 4.78 is 6.02. The molecule has 1 aromatic heterocycles. The van der Waals surface area contributed by atoms with Crippen LogP contribution in [0.2, 0.25) is 5.02 Å². The summed E-state index contributed by atoms with van der Waals surface area (Å²) in [5.74, 6) is 1.62. The Balaban J connectivity index is 1.49. The summed E-state index contributed by atoms with van der Waals surface area (Å²) in [6, 6.07) is 11.1. The van der Waals surface area contributed by atoms with Gasteiger partial charge in [0.15, 0.2) is 5.78 Å². The van der Waals surface area contributed by atoms with Crippen molar-refractivity contribution in [1.29, 1.82) is 5.26 Å². The number of nitriles is 1. The molecule has 0 unspecified atom stereocenters. The molecule has 2 aromatic rings. The zero-order valence-electron chi connectivity index (χ0n) is 16.3. The van der Waals surface area contributed by atoms with Crippen LogP contribution in [0.4, 0.5) is 0 Å². The maximum atomic E-state index is 12.6. The van der Waals surface area contributed by atoms with Crippen LogP contribution in [0.3, 0.4) is 0 Å². The first-order valence-electron chi connectivity index (χ1n) is 9.81. The fourth-order valence-electron chi connectivity index (χ4n) is 3.60. The number of aromatic nitrogens is 1. The second kappa shape index (κ2) is 9.21. The zero-order valence-corrected chi connectivity index (χ0v) is 17.1. The van der Waals surface area contributed by atoms with Crippen LogP contribution >= 0.6 is 11.6 Å². The first-order valence-corrected chi connectivity index (χ1v) is 10.2. The summed E-state index contributed by atoms with van der Waals surface area (Å²) in [5, 5.41) is 9.36. The van der Waals surface area contributed by atoms with E-state index in [9.17, 15) is 4.79 Å². The third kappa shape index (κ3) is 5.11. The van der Waals surface area contributed by atoms with E-state index in [1.165, 1.54) is 0 Å². The van der Waals surface area contributed by atoms with Crippen molar-refractivity contribution in [3.05, 3.63) is 58.4 Å². The average molecular weight is 397 g/mol. The molecule has 0 atom stereocenters. The monoisotopic (exact) mass is 396 g/mol. The minimum absolute atomic E-state index is 0.127. The van der Waals surface area contributed by atoms with Crippen molar-refractivity contribution >= 4 is 17.4 Å². The Hall–Kier alpha value is -2.38. The van der Waals surface area contributed by atoms with Crippen LogP contribution in [0.25, 0.3) is 0 Å². The fourth-order valence-corrected chi connectivity index (χ4v) is 3.81. The molecular weight excluding hydrogens is 372 g/mol. The lowest BCUT2D eigenvalue weighted by Gasteiger charge is -2.28. The quantitative estimate of drug-likeness (QED) is 0.566. The summed E-state index contributed by atoms with van der Waals surface area (Å²) in [6.45, 7) is 4.19. The van der Waals surface area contributed by atoms with Crippen molar-refractivity contribution in [3.8, 4) is 11.8 Å². The number of pyridine rings is 1. The molecule has 28 heavy (non-hydrogen) atoms. The van der Waals surface area contributed by atoms with Gasteiger partial charge in [-0.25, -0.2) is 0 Å². The highest BCUT2D eigenvalue weighted by Gasteiger charge is 2.25. The van der Waals surface area contributed by atoms with Crippen LogP contribution in [0.5, 0.6) is 5.75 Å². The third-order valence-electron chi connectivity index (χ3n) is 5.33. The van der Waals surface area contributed by atoms with Crippen LogP contribution in [0, 0.1) is 17.2 Å². The minimum Gasteiger partial charge on any atom is -0.490 e. The molecule has 0 spiro atoms. The van der Waals surface area contributed by atoms with Crippen molar-refractivity contribution in [2.75, 3.05) is 0 Å². The Labute approximate surface area is 171 Å². The largest absolute Gasteiger partial charge is 0.490 e. The van der Waals surface area contributed by atoms with E-state index in [1.54, 1.807) is 24.4 Å². The summed E-state index contributed by atoms with van der Waals surface area (Å²) in [7, 11) is 0. The van der Waals surface area contributed by atoms with E-state index in [0.717, 1.165) is 31.4 Å². The molecule has 4 nitrogen and oxygen atoms in total. The Bertz CT molecular complexity index is 863. The number of hydrogen-bond acceptors (Lipinski definition) is 4. The molecule has 1 heterocycles. The van der Waals surface area contributed by atoms with Gasteiger partial charge in [0.25, 0.3) is 0 Å². The van der Waals surface area contributed by atoms with Crippen LogP contribution in [-0.2, 0) is 0 Å². The topological polar surface area (TPSA) is 63.0 Å². The maximum Gasteiger partial charge on any atom is 0.164 e. The normalized spacial score (nSPS) is 19.2. The molecule has 1 aromatic carbocycles. The van der Waals surface area contributed by atoms with Crippen molar-refractivity contribution < 1.29 is 9.53 Å². The van der Waals surface area contributed by atoms with Crippen LogP contribution in [0.15, 0.2) is 36.5 Å². The van der Waals surface area contributed by atoms with Crippen molar-refractivity contribution in [1.82, 2.24) is 4.98 Å². The smallest absolute Gasteiger partial charge is 0.164 e. The highest BCUT2D eigenvalue weighted by molar-refractivity contribution is 6.31. The molecule has 1 aliphatic rings. The van der Waals surface area contributed by atoms with Gasteiger partial charge in [-0.05, 0) is 61.8 Å². The van der Waals surface area contributed by atoms with Gasteiger partial charge in [0, 0.05) is 29.9 Å². The second-order valence-electron chi connectivity index (χ2n) is 7.77. The zero-order chi connectivity index (χ0) is 20.1. The van der Waals surface area contributed by atoms with E-state index in [-0.39, 0.29) is 11.9 Å². The van der Waals surface area contributed by atoms with Crippen LogP contribution in [-0.4, -0.2) is 16.9 Å². The van der Waals surface area contributed by atoms with Crippen molar-refractivity contribution in [2.24, 2.45) is 5.92 Å². The molecule has 0 amide bonds. The van der Waals surface area contributed by atoms with E-state index < -0.39 is 0 Å². The Morgan fingerprint density at radius 2 is 2.00 bits per heavy atom. The molecule has 1 aliphatic carbocycles. The molecule has 1 fully saturated rings. The van der Waals surface area contributed by atoms with Gasteiger partial charge < -0.3 is 4.74 Å². The predicted octanol–water partition coefficient (Wildman–Crippen LogP) is 5.94. The summed E-state index contributed by atoms with van der Waals surface area (Å²) in [4.78, 5) is 17.0. The molecule has 0 aliphatic heterocycles. The van der Waals surface area contributed by atoms with Crippen molar-refractivity contribution in [3.63, 3.8) is 0 Å². The second-order valence-corrected chi connectivity index (χ2v) is 8.17. The lowest BCUT2D eigenvalue weighted by atomic mass is 9.83. The number of ether oxygens (including phenoxy) is 1. The molecule has 5 heteroatoms. The number of halogens is 1. The Morgan fingerprint density at radius 3 is 2.57 bits per heavy atom. The lowest BCUT2D eigenvalue weighted by molar-refractivity contribution is 0.0902. The molecule has 0 bridgehead atoms. The first-order chi connectivity index (χ1) is 13.5. The van der Waals surface area contributed by atoms with E-state index in [2.05, 4.69) is 18.8 Å². The van der Waals surface area contributed by atoms with Gasteiger partial charge in [-0.2, -0.15) is 5.26 Å². The SMILES string of the molecule is CC(C)c1ccc(C(=O)CC2CCC(Oc3ccc(C#N)c(Cl)c3)CC2)cn1. The number of carbonyl (C=O) groups excluding carboxylic acids is 1. The molecule has 0 N–H and O–H groups in total. The predicted molar refractivity (Wildman–Crippen MR) is 110 cm³/mol. The average Bonchev–Trinajstić information content (AvgIpc) is 2.69. The minimum atomic E-state index is 0.127. The standard InChI is InChI=1S/C23H25ClN2O2/c1-15(2)22-10-6-18(14-26-22)23(27)11-16-3-7-19(8-4-16)28-20-9-5-17(13-25)21(24)12-20/h5-6,9-10,12,14-16,19H,3-4,7-8,11H2,1-2H3. The molecule has 146 valence electrons. The van der Waals surface area contributed by atoms with E-state index in [4.69, 9.17) is 21.6 Å². The summed E-state index contributed by atoms with van der Waals surface area (Å²) in [6.07, 6.45) is 6.18. The van der Waals surface area contributed by atoms with Crippen LogP contribution < -0.4 is 4.74 Å². The Morgan fingerprint density at radius 1 is 1.25 bits per heavy atom. The third-order valence-corrected chi connectivity index (χ3v) is 5.64. The number of hydrogen-bond donors (Lipinski definition) is 0. The Kier molecular flexibility index (Phi) is 6.70. The number of ketones is 1. The molecule has 1 saturated carbocycles. The van der Waals surface area contributed by atoms with Gasteiger partial charge in [-0.1, -0.05) is 25.4 Å². The number of nitrogens with zero attached hydrogens (tertiary/aromatic N) is 2. The van der Waals surface area contributed by atoms with Gasteiger partial charge in [-0.15, -0.1) is 0 Å². The highest BCUT2D eigenvalue weighted by atomic mass is 35.5. The molecule has 0 saturated heterocycles. The van der Waals surface area contributed by atoms with E-state index in [0.29, 0.717) is 40.2 Å². The van der Waals surface area contributed by atoms with Gasteiger partial charge in [0.1, 0.15) is 11.8 Å². The number of rotatable bonds is 6. The number of benzene rings is 1. The molecule has 3 rings (SSSR count). The van der Waals surface area contributed by atoms with Gasteiger partial charge in [-0.3, -0.25) is 9.78 Å². The number of carbonyl (C=O) groups is 1. The van der Waals surface area contributed by atoms with E-state index in [1.807, 2.05) is 18.2 Å². The van der Waals surface area contributed by atoms with Gasteiger partial charge in [0.05, 0.1) is 16.7 Å². The maximum absolute atomic E-state index is 12.6. The fraction of sp³-hybridized carbons (Fsp3) is 0.435. The van der Waals surface area contributed by atoms with Gasteiger partial charge in [0.2, 0.25) is 0 Å².